The van der Waals surface area contributed by atoms with Gasteiger partial charge >= 0.3 is 0 Å². The summed E-state index contributed by atoms with van der Waals surface area (Å²) >= 11 is 3.39. The van der Waals surface area contributed by atoms with E-state index in [1.54, 1.807) is 6.26 Å². The first-order valence-corrected chi connectivity index (χ1v) is 5.45. The highest BCUT2D eigenvalue weighted by Gasteiger charge is 2.28. The minimum Gasteiger partial charge on any atom is -0.444 e. The van der Waals surface area contributed by atoms with Crippen LogP contribution in [0.15, 0.2) is 39.4 Å². The molecule has 1 aliphatic heterocycles. The maximum Gasteiger partial charge on any atom is 0.226 e. The van der Waals surface area contributed by atoms with Gasteiger partial charge in [-0.2, -0.15) is 0 Å². The Bertz CT molecular complexity index is 474. The zero-order valence-corrected chi connectivity index (χ0v) is 9.40. The van der Waals surface area contributed by atoms with Gasteiger partial charge in [-0.25, -0.2) is 4.98 Å². The average Bonchev–Trinajstić information content (AvgIpc) is 2.99. The number of nitrogens with zero attached hydrogens (tertiary/aromatic N) is 1. The van der Waals surface area contributed by atoms with Crippen LogP contribution in [0.25, 0.3) is 11.5 Å². The fourth-order valence-corrected chi connectivity index (χ4v) is 1.64. The molecule has 0 aliphatic carbocycles. The Balaban J connectivity index is 1.93. The monoisotopic (exact) mass is 265 g/mol. The second-order valence-corrected chi connectivity index (χ2v) is 4.32. The van der Waals surface area contributed by atoms with Crippen LogP contribution in [0.2, 0.25) is 0 Å². The number of oxazole rings is 1. The molecular weight excluding hydrogens is 258 g/mol. The Morgan fingerprint density at radius 1 is 1.27 bits per heavy atom. The molecule has 15 heavy (non-hydrogen) atoms. The van der Waals surface area contributed by atoms with E-state index >= 15 is 0 Å². The Hall–Kier alpha value is -1.13. The molecular formula is C11H8BrNO2. The third kappa shape index (κ3) is 1.82. The van der Waals surface area contributed by atoms with Crippen LogP contribution in [-0.4, -0.2) is 11.6 Å². The van der Waals surface area contributed by atoms with Gasteiger partial charge in [-0.3, -0.25) is 0 Å². The molecule has 0 amide bonds. The number of epoxide rings is 1. The Labute approximate surface area is 95.2 Å². The molecule has 2 heterocycles. The molecule has 0 radical (unpaired) electrons. The minimum absolute atomic E-state index is 0.151. The lowest BCUT2D eigenvalue weighted by Crippen LogP contribution is -1.81. The lowest BCUT2D eigenvalue weighted by molar-refractivity contribution is 0.410. The van der Waals surface area contributed by atoms with Gasteiger partial charge in [-0.05, 0) is 24.3 Å². The molecule has 1 saturated heterocycles. The van der Waals surface area contributed by atoms with Crippen molar-refractivity contribution in [1.29, 1.82) is 0 Å². The third-order valence-corrected chi connectivity index (χ3v) is 2.81. The van der Waals surface area contributed by atoms with Crippen LogP contribution in [0.1, 0.15) is 11.8 Å². The molecule has 4 heteroatoms. The van der Waals surface area contributed by atoms with Crippen LogP contribution < -0.4 is 0 Å². The summed E-state index contributed by atoms with van der Waals surface area (Å²) in [6.07, 6.45) is 1.81. The first kappa shape index (κ1) is 9.12. The van der Waals surface area contributed by atoms with Crippen LogP contribution in [-0.2, 0) is 4.74 Å². The van der Waals surface area contributed by atoms with Crippen molar-refractivity contribution < 1.29 is 9.15 Å². The number of hydrogen-bond acceptors (Lipinski definition) is 3. The van der Waals surface area contributed by atoms with Gasteiger partial charge in [-0.15, -0.1) is 0 Å². The average molecular weight is 266 g/mol. The predicted molar refractivity (Wildman–Crippen MR) is 58.3 cm³/mol. The topological polar surface area (TPSA) is 38.6 Å². The number of hydrogen-bond donors (Lipinski definition) is 0. The number of aromatic nitrogens is 1. The molecule has 2 aromatic rings. The van der Waals surface area contributed by atoms with Crippen molar-refractivity contribution in [2.24, 2.45) is 0 Å². The van der Waals surface area contributed by atoms with E-state index in [0.29, 0.717) is 5.89 Å². The van der Waals surface area contributed by atoms with E-state index in [1.165, 1.54) is 0 Å². The molecule has 3 nitrogen and oxygen atoms in total. The maximum absolute atomic E-state index is 5.39. The zero-order valence-electron chi connectivity index (χ0n) is 7.81. The summed E-state index contributed by atoms with van der Waals surface area (Å²) in [4.78, 5) is 4.37. The van der Waals surface area contributed by atoms with Gasteiger partial charge in [0.15, 0.2) is 0 Å². The van der Waals surface area contributed by atoms with Gasteiger partial charge in [0.25, 0.3) is 0 Å². The molecule has 0 saturated carbocycles. The van der Waals surface area contributed by atoms with Gasteiger partial charge < -0.3 is 9.15 Å². The summed E-state index contributed by atoms with van der Waals surface area (Å²) in [5.74, 6) is 0.646. The van der Waals surface area contributed by atoms with Crippen molar-refractivity contribution in [3.8, 4) is 11.5 Å². The summed E-state index contributed by atoms with van der Waals surface area (Å²) in [6, 6.07) is 7.86. The second-order valence-electron chi connectivity index (χ2n) is 3.41. The van der Waals surface area contributed by atoms with Crippen molar-refractivity contribution in [3.05, 3.63) is 40.7 Å². The molecule has 3 rings (SSSR count). The normalized spacial score (nSPS) is 19.1. The van der Waals surface area contributed by atoms with Gasteiger partial charge in [0, 0.05) is 10.0 Å². The summed E-state index contributed by atoms with van der Waals surface area (Å²) in [5, 5.41) is 0. The van der Waals surface area contributed by atoms with Gasteiger partial charge in [0.05, 0.1) is 6.61 Å². The molecule has 1 atom stereocenters. The minimum atomic E-state index is 0.151. The van der Waals surface area contributed by atoms with Crippen LogP contribution in [0.4, 0.5) is 0 Å². The molecule has 0 bridgehead atoms. The molecule has 1 unspecified atom stereocenters. The molecule has 1 aromatic heterocycles. The molecule has 1 aromatic carbocycles. The quantitative estimate of drug-likeness (QED) is 0.783. The van der Waals surface area contributed by atoms with Gasteiger partial charge in [0.1, 0.15) is 18.1 Å². The van der Waals surface area contributed by atoms with Crippen molar-refractivity contribution in [2.75, 3.05) is 6.61 Å². The molecule has 76 valence electrons. The number of rotatable bonds is 2. The molecule has 0 spiro atoms. The first-order chi connectivity index (χ1) is 7.33. The van der Waals surface area contributed by atoms with Gasteiger partial charge in [-0.1, -0.05) is 15.9 Å². The molecule has 1 fully saturated rings. The van der Waals surface area contributed by atoms with E-state index in [1.807, 2.05) is 24.3 Å². The van der Waals surface area contributed by atoms with E-state index in [2.05, 4.69) is 20.9 Å². The standard InChI is InChI=1S/C11H8BrNO2/c12-8-3-1-7(2-4-8)11-13-9(5-15-11)10-6-14-10/h1-5,10H,6H2. The Morgan fingerprint density at radius 3 is 2.67 bits per heavy atom. The van der Waals surface area contributed by atoms with Crippen molar-refractivity contribution in [3.63, 3.8) is 0 Å². The van der Waals surface area contributed by atoms with E-state index < -0.39 is 0 Å². The highest BCUT2D eigenvalue weighted by Crippen LogP contribution is 2.31. The molecule has 1 aliphatic rings. The lowest BCUT2D eigenvalue weighted by atomic mass is 10.2. The Morgan fingerprint density at radius 2 is 2.00 bits per heavy atom. The highest BCUT2D eigenvalue weighted by molar-refractivity contribution is 9.10. The smallest absolute Gasteiger partial charge is 0.226 e. The zero-order chi connectivity index (χ0) is 10.3. The van der Waals surface area contributed by atoms with Crippen LogP contribution >= 0.6 is 15.9 Å². The van der Waals surface area contributed by atoms with Crippen LogP contribution in [0.5, 0.6) is 0 Å². The summed E-state index contributed by atoms with van der Waals surface area (Å²) in [7, 11) is 0. The van der Waals surface area contributed by atoms with E-state index in [9.17, 15) is 0 Å². The third-order valence-electron chi connectivity index (χ3n) is 2.28. The number of benzene rings is 1. The number of ether oxygens (including phenoxy) is 1. The van der Waals surface area contributed by atoms with E-state index in [4.69, 9.17) is 9.15 Å². The summed E-state index contributed by atoms with van der Waals surface area (Å²) in [5.41, 5.74) is 1.86. The summed E-state index contributed by atoms with van der Waals surface area (Å²) < 4.78 is 11.6. The predicted octanol–water partition coefficient (Wildman–Crippen LogP) is 3.18. The van der Waals surface area contributed by atoms with Gasteiger partial charge in [0.2, 0.25) is 5.89 Å². The van der Waals surface area contributed by atoms with Crippen molar-refractivity contribution >= 4 is 15.9 Å². The SMILES string of the molecule is Brc1ccc(-c2nc(C3CO3)co2)cc1. The van der Waals surface area contributed by atoms with E-state index in [0.717, 1.165) is 22.3 Å². The van der Waals surface area contributed by atoms with Crippen molar-refractivity contribution in [1.82, 2.24) is 4.98 Å². The highest BCUT2D eigenvalue weighted by atomic mass is 79.9. The fourth-order valence-electron chi connectivity index (χ4n) is 1.38. The fraction of sp³-hybridized carbons (Fsp3) is 0.182. The maximum atomic E-state index is 5.39. The summed E-state index contributed by atoms with van der Waals surface area (Å²) in [6.45, 7) is 0.756. The molecule has 0 N–H and O–H groups in total. The second kappa shape index (κ2) is 3.47. The number of halogens is 1. The van der Waals surface area contributed by atoms with Crippen LogP contribution in [0, 0.1) is 0 Å². The lowest BCUT2D eigenvalue weighted by Gasteiger charge is -1.94. The van der Waals surface area contributed by atoms with Crippen molar-refractivity contribution in [2.45, 2.75) is 6.10 Å². The first-order valence-electron chi connectivity index (χ1n) is 4.66. The van der Waals surface area contributed by atoms with E-state index in [-0.39, 0.29) is 6.10 Å². The van der Waals surface area contributed by atoms with Crippen LogP contribution in [0.3, 0.4) is 0 Å². The largest absolute Gasteiger partial charge is 0.444 e. The Kier molecular flexibility index (Phi) is 2.11.